The van der Waals surface area contributed by atoms with Crippen LogP contribution in [-0.2, 0) is 6.42 Å². The van der Waals surface area contributed by atoms with Crippen molar-refractivity contribution in [1.29, 1.82) is 0 Å². The molecule has 0 aliphatic rings. The van der Waals surface area contributed by atoms with Crippen LogP contribution >= 0.6 is 11.6 Å². The molecule has 2 heterocycles. The SMILES string of the molecule is O=C(NCCc1ccc(Cl)cc1)c1cc(-c2cccnc2)nc2ccccc12. The lowest BCUT2D eigenvalue weighted by molar-refractivity contribution is 0.0956. The van der Waals surface area contributed by atoms with Crippen LogP contribution in [0.15, 0.2) is 79.1 Å². The van der Waals surface area contributed by atoms with Gasteiger partial charge in [0.15, 0.2) is 0 Å². The van der Waals surface area contributed by atoms with Crippen LogP contribution in [0.25, 0.3) is 22.2 Å². The maximum absolute atomic E-state index is 12.9. The number of halogens is 1. The highest BCUT2D eigenvalue weighted by atomic mass is 35.5. The normalized spacial score (nSPS) is 10.8. The molecule has 138 valence electrons. The van der Waals surface area contributed by atoms with Gasteiger partial charge in [0, 0.05) is 34.9 Å². The predicted molar refractivity (Wildman–Crippen MR) is 112 cm³/mol. The molecule has 4 rings (SSSR count). The lowest BCUT2D eigenvalue weighted by Gasteiger charge is -2.11. The fraction of sp³-hybridized carbons (Fsp3) is 0.0870. The highest BCUT2D eigenvalue weighted by molar-refractivity contribution is 6.30. The first kappa shape index (κ1) is 18.1. The summed E-state index contributed by atoms with van der Waals surface area (Å²) in [6.07, 6.45) is 4.20. The minimum atomic E-state index is -0.113. The van der Waals surface area contributed by atoms with Crippen LogP contribution in [0.5, 0.6) is 0 Å². The van der Waals surface area contributed by atoms with Crippen LogP contribution in [0.2, 0.25) is 5.02 Å². The topological polar surface area (TPSA) is 54.9 Å². The van der Waals surface area contributed by atoms with Crippen LogP contribution in [-0.4, -0.2) is 22.4 Å². The minimum absolute atomic E-state index is 0.113. The Hall–Kier alpha value is -3.24. The van der Waals surface area contributed by atoms with Gasteiger partial charge >= 0.3 is 0 Å². The standard InChI is InChI=1S/C23H18ClN3O/c24-18-9-7-16(8-10-18)11-13-26-23(28)20-14-22(17-4-3-12-25-15-17)27-21-6-2-1-5-19(20)21/h1-10,12,14-15H,11,13H2,(H,26,28). The van der Waals surface area contributed by atoms with Crippen molar-refractivity contribution in [2.75, 3.05) is 6.54 Å². The van der Waals surface area contributed by atoms with E-state index in [1.54, 1.807) is 12.4 Å². The van der Waals surface area contributed by atoms with E-state index in [-0.39, 0.29) is 5.91 Å². The Morgan fingerprint density at radius 2 is 1.82 bits per heavy atom. The summed E-state index contributed by atoms with van der Waals surface area (Å²) >= 11 is 5.92. The predicted octanol–water partition coefficient (Wildman–Crippen LogP) is 4.92. The second-order valence-electron chi connectivity index (χ2n) is 6.45. The number of amides is 1. The van der Waals surface area contributed by atoms with Crippen molar-refractivity contribution in [2.24, 2.45) is 0 Å². The molecule has 0 unspecified atom stereocenters. The summed E-state index contributed by atoms with van der Waals surface area (Å²) in [5, 5.41) is 4.56. The number of pyridine rings is 2. The third-order valence-corrected chi connectivity index (χ3v) is 4.78. The lowest BCUT2D eigenvalue weighted by atomic mass is 10.0. The Morgan fingerprint density at radius 3 is 2.61 bits per heavy atom. The van der Waals surface area contributed by atoms with E-state index < -0.39 is 0 Å². The first-order valence-electron chi connectivity index (χ1n) is 9.03. The molecular formula is C23H18ClN3O. The fourth-order valence-corrected chi connectivity index (χ4v) is 3.22. The Balaban J connectivity index is 1.59. The van der Waals surface area contributed by atoms with E-state index in [0.29, 0.717) is 17.1 Å². The molecule has 1 N–H and O–H groups in total. The minimum Gasteiger partial charge on any atom is -0.352 e. The zero-order chi connectivity index (χ0) is 19.3. The van der Waals surface area contributed by atoms with Gasteiger partial charge in [-0.2, -0.15) is 0 Å². The molecular weight excluding hydrogens is 370 g/mol. The molecule has 0 saturated heterocycles. The second-order valence-corrected chi connectivity index (χ2v) is 6.88. The second kappa shape index (κ2) is 8.19. The number of carbonyl (C=O) groups is 1. The number of hydrogen-bond donors (Lipinski definition) is 1. The molecule has 0 atom stereocenters. The average molecular weight is 388 g/mol. The smallest absolute Gasteiger partial charge is 0.252 e. The lowest BCUT2D eigenvalue weighted by Crippen LogP contribution is -2.26. The summed E-state index contributed by atoms with van der Waals surface area (Å²) in [7, 11) is 0. The fourth-order valence-electron chi connectivity index (χ4n) is 3.09. The van der Waals surface area contributed by atoms with Crippen molar-refractivity contribution in [2.45, 2.75) is 6.42 Å². The van der Waals surface area contributed by atoms with Gasteiger partial charge in [0.2, 0.25) is 0 Å². The highest BCUT2D eigenvalue weighted by Gasteiger charge is 2.13. The first-order valence-corrected chi connectivity index (χ1v) is 9.41. The molecule has 0 bridgehead atoms. The van der Waals surface area contributed by atoms with Gasteiger partial charge in [-0.3, -0.25) is 9.78 Å². The van der Waals surface area contributed by atoms with E-state index in [1.807, 2.05) is 66.7 Å². The molecule has 0 radical (unpaired) electrons. The zero-order valence-electron chi connectivity index (χ0n) is 15.1. The Morgan fingerprint density at radius 1 is 1.00 bits per heavy atom. The molecule has 0 fully saturated rings. The van der Waals surface area contributed by atoms with Gasteiger partial charge in [-0.15, -0.1) is 0 Å². The van der Waals surface area contributed by atoms with Crippen molar-refractivity contribution in [3.63, 3.8) is 0 Å². The number of benzene rings is 2. The average Bonchev–Trinajstić information content (AvgIpc) is 2.75. The zero-order valence-corrected chi connectivity index (χ0v) is 15.9. The van der Waals surface area contributed by atoms with Crippen LogP contribution in [0.4, 0.5) is 0 Å². The van der Waals surface area contributed by atoms with Crippen molar-refractivity contribution >= 4 is 28.4 Å². The van der Waals surface area contributed by atoms with Gasteiger partial charge < -0.3 is 5.32 Å². The molecule has 1 amide bonds. The molecule has 0 aliphatic heterocycles. The summed E-state index contributed by atoms with van der Waals surface area (Å²) in [6.45, 7) is 0.541. The first-order chi connectivity index (χ1) is 13.7. The van der Waals surface area contributed by atoms with Gasteiger partial charge in [0.1, 0.15) is 0 Å². The van der Waals surface area contributed by atoms with Gasteiger partial charge in [-0.25, -0.2) is 4.98 Å². The summed E-state index contributed by atoms with van der Waals surface area (Å²) in [5.41, 5.74) is 4.13. The number of carbonyl (C=O) groups excluding carboxylic acids is 1. The molecule has 2 aromatic carbocycles. The molecule has 0 aliphatic carbocycles. The quantitative estimate of drug-likeness (QED) is 0.528. The summed E-state index contributed by atoms with van der Waals surface area (Å²) in [4.78, 5) is 21.8. The third-order valence-electron chi connectivity index (χ3n) is 4.53. The number of para-hydroxylation sites is 1. The monoisotopic (exact) mass is 387 g/mol. The van der Waals surface area contributed by atoms with E-state index in [2.05, 4.69) is 10.3 Å². The van der Waals surface area contributed by atoms with E-state index >= 15 is 0 Å². The molecule has 0 spiro atoms. The van der Waals surface area contributed by atoms with Gasteiger partial charge in [0.25, 0.3) is 5.91 Å². The van der Waals surface area contributed by atoms with Crippen LogP contribution < -0.4 is 5.32 Å². The van der Waals surface area contributed by atoms with Crippen LogP contribution in [0.3, 0.4) is 0 Å². The Labute approximate surface area is 168 Å². The Kier molecular flexibility index (Phi) is 5.31. The van der Waals surface area contributed by atoms with E-state index in [9.17, 15) is 4.79 Å². The molecule has 4 nitrogen and oxygen atoms in total. The largest absolute Gasteiger partial charge is 0.352 e. The van der Waals surface area contributed by atoms with Crippen molar-refractivity contribution in [1.82, 2.24) is 15.3 Å². The number of aromatic nitrogens is 2. The summed E-state index contributed by atoms with van der Waals surface area (Å²) in [5.74, 6) is -0.113. The van der Waals surface area contributed by atoms with Crippen LogP contribution in [0, 0.1) is 0 Å². The highest BCUT2D eigenvalue weighted by Crippen LogP contribution is 2.24. The number of nitrogens with one attached hydrogen (secondary N) is 1. The van der Waals surface area contributed by atoms with Crippen molar-refractivity contribution in [3.05, 3.63) is 95.3 Å². The van der Waals surface area contributed by atoms with Crippen molar-refractivity contribution < 1.29 is 4.79 Å². The van der Waals surface area contributed by atoms with Gasteiger partial charge in [0.05, 0.1) is 16.8 Å². The molecule has 5 heteroatoms. The van der Waals surface area contributed by atoms with Crippen molar-refractivity contribution in [3.8, 4) is 11.3 Å². The Bertz CT molecular complexity index is 1110. The van der Waals surface area contributed by atoms with E-state index in [1.165, 1.54) is 0 Å². The third kappa shape index (κ3) is 4.02. The van der Waals surface area contributed by atoms with Gasteiger partial charge in [-0.05, 0) is 48.4 Å². The number of nitrogens with zero attached hydrogens (tertiary/aromatic N) is 2. The number of rotatable bonds is 5. The molecule has 4 aromatic rings. The van der Waals surface area contributed by atoms with E-state index in [0.717, 1.165) is 34.1 Å². The van der Waals surface area contributed by atoms with E-state index in [4.69, 9.17) is 16.6 Å². The number of hydrogen-bond acceptors (Lipinski definition) is 3. The maximum Gasteiger partial charge on any atom is 0.252 e. The number of fused-ring (bicyclic) bond motifs is 1. The van der Waals surface area contributed by atoms with Gasteiger partial charge in [-0.1, -0.05) is 41.9 Å². The molecule has 0 saturated carbocycles. The molecule has 28 heavy (non-hydrogen) atoms. The summed E-state index contributed by atoms with van der Waals surface area (Å²) in [6, 6.07) is 20.9. The molecule has 2 aromatic heterocycles. The van der Waals surface area contributed by atoms with Crippen LogP contribution in [0.1, 0.15) is 15.9 Å². The maximum atomic E-state index is 12.9. The summed E-state index contributed by atoms with van der Waals surface area (Å²) < 4.78 is 0.